The quantitative estimate of drug-likeness (QED) is 0.812. The van der Waals surface area contributed by atoms with Crippen molar-refractivity contribution in [2.45, 2.75) is 52.3 Å². The van der Waals surface area contributed by atoms with Crippen molar-refractivity contribution in [2.24, 2.45) is 0 Å². The molecule has 116 valence electrons. The van der Waals surface area contributed by atoms with Crippen LogP contribution in [-0.4, -0.2) is 35.4 Å². The molecule has 0 spiro atoms. The number of imidazole rings is 1. The number of aromatic nitrogens is 2. The molecule has 0 bridgehead atoms. The predicted octanol–water partition coefficient (Wildman–Crippen LogP) is 3.00. The summed E-state index contributed by atoms with van der Waals surface area (Å²) < 4.78 is 8.09. The highest BCUT2D eigenvalue weighted by Gasteiger charge is 2.20. The van der Waals surface area contributed by atoms with E-state index in [4.69, 9.17) is 9.72 Å². The number of benzene rings is 1. The first kappa shape index (κ1) is 16.0. The van der Waals surface area contributed by atoms with Crippen molar-refractivity contribution in [1.82, 2.24) is 14.9 Å². The molecule has 0 radical (unpaired) electrons. The van der Waals surface area contributed by atoms with Gasteiger partial charge in [-0.15, -0.1) is 0 Å². The van der Waals surface area contributed by atoms with Gasteiger partial charge in [0.25, 0.3) is 0 Å². The molecule has 1 N–H and O–H groups in total. The zero-order chi connectivity index (χ0) is 15.2. The van der Waals surface area contributed by atoms with Gasteiger partial charge in [-0.3, -0.25) is 0 Å². The molecule has 21 heavy (non-hydrogen) atoms. The van der Waals surface area contributed by atoms with Gasteiger partial charge in [-0.25, -0.2) is 4.98 Å². The second kappa shape index (κ2) is 7.57. The highest BCUT2D eigenvalue weighted by atomic mass is 16.5. The van der Waals surface area contributed by atoms with Crippen LogP contribution in [0.2, 0.25) is 0 Å². The van der Waals surface area contributed by atoms with Crippen molar-refractivity contribution in [3.8, 4) is 0 Å². The summed E-state index contributed by atoms with van der Waals surface area (Å²) >= 11 is 0. The van der Waals surface area contributed by atoms with Crippen LogP contribution in [0.4, 0.5) is 0 Å². The number of ether oxygens (including phenoxy) is 1. The molecule has 0 saturated heterocycles. The topological polar surface area (TPSA) is 39.1 Å². The van der Waals surface area contributed by atoms with Crippen molar-refractivity contribution < 1.29 is 4.74 Å². The number of aryl methyl sites for hydroxylation is 1. The van der Waals surface area contributed by atoms with Gasteiger partial charge in [-0.05, 0) is 39.4 Å². The molecule has 2 aromatic rings. The van der Waals surface area contributed by atoms with Gasteiger partial charge in [-0.1, -0.05) is 19.1 Å². The molecule has 1 aromatic heterocycles. The summed E-state index contributed by atoms with van der Waals surface area (Å²) in [5.74, 6) is 1.14. The van der Waals surface area contributed by atoms with Crippen LogP contribution in [0.1, 0.15) is 33.0 Å². The minimum absolute atomic E-state index is 0.176. The molecule has 4 nitrogen and oxygen atoms in total. The second-order valence-electron chi connectivity index (χ2n) is 5.43. The number of nitrogens with one attached hydrogen (secondary N) is 1. The summed E-state index contributed by atoms with van der Waals surface area (Å²) in [6.07, 6.45) is 2.17. The number of fused-ring (bicyclic) bond motifs is 1. The molecular weight excluding hydrogens is 262 g/mol. The maximum absolute atomic E-state index is 5.74. The van der Waals surface area contributed by atoms with E-state index in [1.54, 1.807) is 0 Å². The van der Waals surface area contributed by atoms with Crippen molar-refractivity contribution in [3.63, 3.8) is 0 Å². The molecule has 2 rings (SSSR count). The highest BCUT2D eigenvalue weighted by molar-refractivity contribution is 5.75. The SMILES string of the molecule is CCCn1c(CC(NC)C(C)OCC)nc2ccccc21. The van der Waals surface area contributed by atoms with Gasteiger partial charge in [0.05, 0.1) is 17.1 Å². The van der Waals surface area contributed by atoms with Gasteiger partial charge >= 0.3 is 0 Å². The molecule has 0 aliphatic heterocycles. The maximum atomic E-state index is 5.74. The number of hydrogen-bond acceptors (Lipinski definition) is 3. The minimum atomic E-state index is 0.176. The summed E-state index contributed by atoms with van der Waals surface area (Å²) in [6.45, 7) is 8.12. The van der Waals surface area contributed by atoms with Crippen molar-refractivity contribution in [1.29, 1.82) is 0 Å². The minimum Gasteiger partial charge on any atom is -0.377 e. The third-order valence-corrected chi connectivity index (χ3v) is 3.95. The number of para-hydroxylation sites is 2. The predicted molar refractivity (Wildman–Crippen MR) is 87.7 cm³/mol. The van der Waals surface area contributed by atoms with Crippen LogP contribution < -0.4 is 5.32 Å². The zero-order valence-corrected chi connectivity index (χ0v) is 13.6. The first-order valence-electron chi connectivity index (χ1n) is 7.94. The average molecular weight is 289 g/mol. The Labute approximate surface area is 127 Å². The summed E-state index contributed by atoms with van der Waals surface area (Å²) in [5, 5.41) is 3.37. The molecule has 2 unspecified atom stereocenters. The summed E-state index contributed by atoms with van der Waals surface area (Å²) in [7, 11) is 1.99. The Balaban J connectivity index is 2.29. The largest absolute Gasteiger partial charge is 0.377 e. The number of nitrogens with zero attached hydrogens (tertiary/aromatic N) is 2. The lowest BCUT2D eigenvalue weighted by Crippen LogP contribution is -2.40. The van der Waals surface area contributed by atoms with Crippen LogP contribution in [0.25, 0.3) is 11.0 Å². The molecule has 0 aliphatic rings. The standard InChI is InChI=1S/C17H27N3O/c1-5-11-20-16-10-8-7-9-14(16)19-17(20)12-15(18-4)13(3)21-6-2/h7-10,13,15,18H,5-6,11-12H2,1-4H3. The van der Waals surface area contributed by atoms with Crippen LogP contribution in [0.5, 0.6) is 0 Å². The lowest BCUT2D eigenvalue weighted by Gasteiger charge is -2.23. The van der Waals surface area contributed by atoms with E-state index in [1.807, 2.05) is 20.0 Å². The van der Waals surface area contributed by atoms with Gasteiger partial charge < -0.3 is 14.6 Å². The summed E-state index contributed by atoms with van der Waals surface area (Å²) in [4.78, 5) is 4.83. The normalized spacial score (nSPS) is 14.5. The van der Waals surface area contributed by atoms with Crippen LogP contribution in [-0.2, 0) is 17.7 Å². The average Bonchev–Trinajstić information content (AvgIpc) is 2.83. The van der Waals surface area contributed by atoms with E-state index in [0.717, 1.165) is 37.3 Å². The molecule has 0 saturated carbocycles. The molecule has 4 heteroatoms. The lowest BCUT2D eigenvalue weighted by molar-refractivity contribution is 0.0490. The van der Waals surface area contributed by atoms with E-state index in [1.165, 1.54) is 5.52 Å². The molecule has 2 atom stereocenters. The van der Waals surface area contributed by atoms with Crippen LogP contribution >= 0.6 is 0 Å². The molecular formula is C17H27N3O. The van der Waals surface area contributed by atoms with Crippen LogP contribution in [0.15, 0.2) is 24.3 Å². The van der Waals surface area contributed by atoms with Crippen molar-refractivity contribution >= 4 is 11.0 Å². The van der Waals surface area contributed by atoms with Gasteiger partial charge in [0.1, 0.15) is 5.82 Å². The van der Waals surface area contributed by atoms with E-state index in [2.05, 4.69) is 41.9 Å². The van der Waals surface area contributed by atoms with Crippen molar-refractivity contribution in [3.05, 3.63) is 30.1 Å². The monoisotopic (exact) mass is 289 g/mol. The van der Waals surface area contributed by atoms with Crippen LogP contribution in [0, 0.1) is 0 Å². The molecule has 1 aromatic carbocycles. The first-order chi connectivity index (χ1) is 10.2. The Morgan fingerprint density at radius 2 is 2.05 bits per heavy atom. The van der Waals surface area contributed by atoms with Crippen molar-refractivity contribution in [2.75, 3.05) is 13.7 Å². The Morgan fingerprint density at radius 3 is 2.71 bits per heavy atom. The number of rotatable bonds is 8. The fourth-order valence-corrected chi connectivity index (χ4v) is 2.83. The third kappa shape index (κ3) is 3.63. The lowest BCUT2D eigenvalue weighted by atomic mass is 10.1. The first-order valence-corrected chi connectivity index (χ1v) is 7.94. The second-order valence-corrected chi connectivity index (χ2v) is 5.43. The molecule has 0 amide bonds. The van der Waals surface area contributed by atoms with Gasteiger partial charge in [0.2, 0.25) is 0 Å². The molecule has 1 heterocycles. The van der Waals surface area contributed by atoms with E-state index < -0.39 is 0 Å². The Hall–Kier alpha value is -1.39. The molecule has 0 fully saturated rings. The Kier molecular flexibility index (Phi) is 5.76. The van der Waals surface area contributed by atoms with E-state index in [-0.39, 0.29) is 12.1 Å². The highest BCUT2D eigenvalue weighted by Crippen LogP contribution is 2.18. The van der Waals surface area contributed by atoms with Gasteiger partial charge in [-0.2, -0.15) is 0 Å². The Bertz CT molecular complexity index is 564. The summed E-state index contributed by atoms with van der Waals surface area (Å²) in [6, 6.07) is 8.65. The number of hydrogen-bond donors (Lipinski definition) is 1. The van der Waals surface area contributed by atoms with Gasteiger partial charge in [0, 0.05) is 25.6 Å². The van der Waals surface area contributed by atoms with Gasteiger partial charge in [0.15, 0.2) is 0 Å². The fourth-order valence-electron chi connectivity index (χ4n) is 2.83. The molecule has 0 aliphatic carbocycles. The number of likely N-dealkylation sites (N-methyl/N-ethyl adjacent to an activating group) is 1. The maximum Gasteiger partial charge on any atom is 0.111 e. The van der Waals surface area contributed by atoms with E-state index in [9.17, 15) is 0 Å². The summed E-state index contributed by atoms with van der Waals surface area (Å²) in [5.41, 5.74) is 2.31. The van der Waals surface area contributed by atoms with E-state index >= 15 is 0 Å². The van der Waals surface area contributed by atoms with Crippen LogP contribution in [0.3, 0.4) is 0 Å². The smallest absolute Gasteiger partial charge is 0.111 e. The van der Waals surface area contributed by atoms with E-state index in [0.29, 0.717) is 0 Å². The zero-order valence-electron chi connectivity index (χ0n) is 13.6. The Morgan fingerprint density at radius 1 is 1.29 bits per heavy atom. The fraction of sp³-hybridized carbons (Fsp3) is 0.588. The third-order valence-electron chi connectivity index (χ3n) is 3.95.